The van der Waals surface area contributed by atoms with Crippen molar-refractivity contribution < 1.29 is 0 Å². The number of hydrogen-bond acceptors (Lipinski definition) is 3. The van der Waals surface area contributed by atoms with E-state index in [1.165, 1.54) is 4.88 Å². The van der Waals surface area contributed by atoms with Gasteiger partial charge in [-0.1, -0.05) is 25.4 Å². The molecule has 2 heterocycles. The zero-order chi connectivity index (χ0) is 15.4. The number of nitrogens with zero attached hydrogens (tertiary/aromatic N) is 2. The minimum Gasteiger partial charge on any atom is -0.304 e. The Bertz CT molecular complexity index is 578. The van der Waals surface area contributed by atoms with E-state index in [9.17, 15) is 0 Å². The van der Waals surface area contributed by atoms with E-state index in [0.717, 1.165) is 44.9 Å². The summed E-state index contributed by atoms with van der Waals surface area (Å²) >= 11 is 15.3. The lowest BCUT2D eigenvalue weighted by atomic mass is 10.1. The van der Waals surface area contributed by atoms with Crippen LogP contribution in [0.4, 0.5) is 0 Å². The third-order valence-corrected chi connectivity index (χ3v) is 6.70. The van der Waals surface area contributed by atoms with Crippen molar-refractivity contribution in [3.05, 3.63) is 36.1 Å². The summed E-state index contributed by atoms with van der Waals surface area (Å²) in [4.78, 5) is 1.22. The van der Waals surface area contributed by atoms with Crippen LogP contribution in [0.15, 0.2) is 20.5 Å². The van der Waals surface area contributed by atoms with Crippen molar-refractivity contribution in [3.8, 4) is 0 Å². The fourth-order valence-corrected chi connectivity index (χ4v) is 4.59. The van der Waals surface area contributed by atoms with Gasteiger partial charge < -0.3 is 5.32 Å². The molecule has 7 heteroatoms. The maximum Gasteiger partial charge on any atom is 0.0857 e. The van der Waals surface area contributed by atoms with Crippen molar-refractivity contribution in [1.82, 2.24) is 15.1 Å². The van der Waals surface area contributed by atoms with Crippen molar-refractivity contribution >= 4 is 54.8 Å². The Balaban J connectivity index is 2.42. The van der Waals surface area contributed by atoms with Crippen LogP contribution in [0.5, 0.6) is 0 Å². The Morgan fingerprint density at radius 1 is 1.38 bits per heavy atom. The van der Waals surface area contributed by atoms with Crippen molar-refractivity contribution in [2.45, 2.75) is 39.3 Å². The van der Waals surface area contributed by atoms with E-state index in [0.29, 0.717) is 0 Å². The number of aryl methyl sites for hydroxylation is 1. The summed E-state index contributed by atoms with van der Waals surface area (Å²) in [5.41, 5.74) is 1.05. The Kier molecular flexibility index (Phi) is 6.75. The van der Waals surface area contributed by atoms with Crippen LogP contribution in [0.2, 0.25) is 5.02 Å². The van der Waals surface area contributed by atoms with Gasteiger partial charge in [-0.2, -0.15) is 5.10 Å². The monoisotopic (exact) mass is 453 g/mol. The smallest absolute Gasteiger partial charge is 0.0857 e. The topological polar surface area (TPSA) is 29.9 Å². The zero-order valence-electron chi connectivity index (χ0n) is 12.0. The van der Waals surface area contributed by atoms with Gasteiger partial charge in [-0.3, -0.25) is 4.68 Å². The largest absolute Gasteiger partial charge is 0.304 e. The molecule has 2 aromatic rings. The molecule has 0 radical (unpaired) electrons. The van der Waals surface area contributed by atoms with E-state index in [2.05, 4.69) is 62.2 Å². The Morgan fingerprint density at radius 2 is 2.14 bits per heavy atom. The molecule has 0 saturated heterocycles. The van der Waals surface area contributed by atoms with Gasteiger partial charge in [0.15, 0.2) is 0 Å². The van der Waals surface area contributed by atoms with Gasteiger partial charge in [0, 0.05) is 15.9 Å². The SMILES string of the molecule is CCCNC(c1cc(Br)c(Br)s1)c1c(Cl)cnn1CCC. The van der Waals surface area contributed by atoms with Gasteiger partial charge in [-0.15, -0.1) is 11.3 Å². The van der Waals surface area contributed by atoms with Gasteiger partial charge in [-0.05, 0) is 57.3 Å². The van der Waals surface area contributed by atoms with E-state index in [-0.39, 0.29) is 6.04 Å². The minimum absolute atomic E-state index is 0.0686. The van der Waals surface area contributed by atoms with E-state index >= 15 is 0 Å². The molecule has 0 aliphatic carbocycles. The molecule has 0 aromatic carbocycles. The van der Waals surface area contributed by atoms with Crippen LogP contribution < -0.4 is 5.32 Å². The average Bonchev–Trinajstić information content (AvgIpc) is 2.97. The highest BCUT2D eigenvalue weighted by molar-refractivity contribution is 9.13. The van der Waals surface area contributed by atoms with Crippen LogP contribution in [-0.2, 0) is 6.54 Å². The lowest BCUT2D eigenvalue weighted by Gasteiger charge is -2.19. The molecule has 1 unspecified atom stereocenters. The first-order valence-electron chi connectivity index (χ1n) is 6.97. The van der Waals surface area contributed by atoms with E-state index in [1.807, 2.05) is 4.68 Å². The summed E-state index contributed by atoms with van der Waals surface area (Å²) in [5, 5.41) is 8.73. The van der Waals surface area contributed by atoms with Gasteiger partial charge in [-0.25, -0.2) is 0 Å². The fourth-order valence-electron chi connectivity index (χ4n) is 2.18. The third kappa shape index (κ3) is 4.10. The zero-order valence-corrected chi connectivity index (χ0v) is 16.7. The van der Waals surface area contributed by atoms with E-state index < -0.39 is 0 Å². The van der Waals surface area contributed by atoms with Gasteiger partial charge in [0.05, 0.1) is 26.7 Å². The third-order valence-electron chi connectivity index (χ3n) is 3.09. The van der Waals surface area contributed by atoms with Crippen molar-refractivity contribution in [1.29, 1.82) is 0 Å². The van der Waals surface area contributed by atoms with Crippen molar-refractivity contribution in [2.24, 2.45) is 0 Å². The molecule has 21 heavy (non-hydrogen) atoms. The van der Waals surface area contributed by atoms with Crippen LogP contribution in [-0.4, -0.2) is 16.3 Å². The van der Waals surface area contributed by atoms with E-state index in [1.54, 1.807) is 17.5 Å². The summed E-state index contributed by atoms with van der Waals surface area (Å²) in [6.07, 6.45) is 3.85. The van der Waals surface area contributed by atoms with Crippen molar-refractivity contribution in [2.75, 3.05) is 6.54 Å². The molecule has 116 valence electrons. The van der Waals surface area contributed by atoms with Crippen LogP contribution in [0.25, 0.3) is 0 Å². The molecule has 0 fully saturated rings. The molecule has 0 amide bonds. The predicted molar refractivity (Wildman–Crippen MR) is 97.4 cm³/mol. The van der Waals surface area contributed by atoms with Crippen LogP contribution in [0.3, 0.4) is 0 Å². The molecule has 0 spiro atoms. The first-order chi connectivity index (χ1) is 10.1. The number of rotatable bonds is 7. The van der Waals surface area contributed by atoms with Gasteiger partial charge in [0.25, 0.3) is 0 Å². The summed E-state index contributed by atoms with van der Waals surface area (Å²) < 4.78 is 4.18. The molecule has 0 aliphatic rings. The van der Waals surface area contributed by atoms with Gasteiger partial charge >= 0.3 is 0 Å². The lowest BCUT2D eigenvalue weighted by Crippen LogP contribution is -2.25. The van der Waals surface area contributed by atoms with Crippen LogP contribution >= 0.6 is 54.8 Å². The highest BCUT2D eigenvalue weighted by Gasteiger charge is 2.24. The average molecular weight is 456 g/mol. The maximum absolute atomic E-state index is 6.41. The predicted octanol–water partition coefficient (Wildman–Crippen LogP) is 5.62. The number of aromatic nitrogens is 2. The number of thiophene rings is 1. The minimum atomic E-state index is 0.0686. The van der Waals surface area contributed by atoms with Crippen LogP contribution in [0.1, 0.15) is 43.3 Å². The molecular formula is C14H18Br2ClN3S. The normalized spacial score (nSPS) is 12.8. The van der Waals surface area contributed by atoms with Crippen molar-refractivity contribution in [3.63, 3.8) is 0 Å². The highest BCUT2D eigenvalue weighted by Crippen LogP contribution is 2.39. The summed E-state index contributed by atoms with van der Waals surface area (Å²) in [6.45, 7) is 6.12. The summed E-state index contributed by atoms with van der Waals surface area (Å²) in [5.74, 6) is 0. The second kappa shape index (κ2) is 8.11. The quantitative estimate of drug-likeness (QED) is 0.587. The molecule has 1 atom stereocenters. The Labute approximate surface area is 151 Å². The Morgan fingerprint density at radius 3 is 2.71 bits per heavy atom. The molecule has 0 bridgehead atoms. The fraction of sp³-hybridized carbons (Fsp3) is 0.500. The van der Waals surface area contributed by atoms with Gasteiger partial charge in [0.1, 0.15) is 0 Å². The molecule has 0 aliphatic heterocycles. The molecule has 2 aromatic heterocycles. The number of halogens is 3. The molecule has 2 rings (SSSR count). The van der Waals surface area contributed by atoms with Gasteiger partial charge in [0.2, 0.25) is 0 Å². The summed E-state index contributed by atoms with van der Waals surface area (Å²) in [7, 11) is 0. The number of nitrogens with one attached hydrogen (secondary N) is 1. The first kappa shape index (κ1) is 17.5. The Hall–Kier alpha value is 0.120. The maximum atomic E-state index is 6.41. The number of hydrogen-bond donors (Lipinski definition) is 1. The molecular weight excluding hydrogens is 438 g/mol. The molecule has 0 saturated carbocycles. The first-order valence-corrected chi connectivity index (χ1v) is 9.75. The summed E-state index contributed by atoms with van der Waals surface area (Å²) in [6, 6.07) is 2.21. The second-order valence-electron chi connectivity index (χ2n) is 4.76. The highest BCUT2D eigenvalue weighted by atomic mass is 79.9. The molecule has 1 N–H and O–H groups in total. The second-order valence-corrected chi connectivity index (χ2v) is 8.42. The lowest BCUT2D eigenvalue weighted by molar-refractivity contribution is 0.515. The van der Waals surface area contributed by atoms with Crippen LogP contribution in [0, 0.1) is 0 Å². The molecule has 3 nitrogen and oxygen atoms in total. The van der Waals surface area contributed by atoms with E-state index in [4.69, 9.17) is 11.6 Å². The standard InChI is InChI=1S/C14H18Br2ClN3S/c1-3-5-18-12(11-7-9(15)14(16)21-11)13-10(17)8-19-20(13)6-4-2/h7-8,12,18H,3-6H2,1-2H3.